The van der Waals surface area contributed by atoms with Crippen molar-refractivity contribution in [1.82, 2.24) is 15.1 Å². The molecule has 2 aromatic rings. The van der Waals surface area contributed by atoms with Gasteiger partial charge in [-0.05, 0) is 44.2 Å². The van der Waals surface area contributed by atoms with Crippen LogP contribution in [-0.4, -0.2) is 16.3 Å². The maximum Gasteiger partial charge on any atom is 0.222 e. The lowest BCUT2D eigenvalue weighted by molar-refractivity contribution is 0.424. The van der Waals surface area contributed by atoms with Gasteiger partial charge < -0.3 is 10.1 Å². The minimum absolute atomic E-state index is 0.777. The molecule has 0 amide bonds. The average molecular weight is 338 g/mol. The van der Waals surface area contributed by atoms with Gasteiger partial charge in [-0.2, -0.15) is 5.10 Å². The van der Waals surface area contributed by atoms with Crippen LogP contribution in [-0.2, 0) is 13.6 Å². The second-order valence-corrected chi connectivity index (χ2v) is 5.64. The van der Waals surface area contributed by atoms with Crippen LogP contribution in [0, 0.1) is 6.92 Å². The van der Waals surface area contributed by atoms with Crippen molar-refractivity contribution in [1.29, 1.82) is 0 Å². The summed E-state index contributed by atoms with van der Waals surface area (Å²) in [6, 6.07) is 7.81. The van der Waals surface area contributed by atoms with Crippen molar-refractivity contribution >= 4 is 15.9 Å². The van der Waals surface area contributed by atoms with Crippen LogP contribution in [0.1, 0.15) is 24.6 Å². The predicted octanol–water partition coefficient (Wildman–Crippen LogP) is 3.78. The fourth-order valence-corrected chi connectivity index (χ4v) is 2.28. The number of halogens is 1. The first-order valence-corrected chi connectivity index (χ1v) is 7.57. The molecule has 1 aromatic carbocycles. The Morgan fingerprint density at radius 1 is 1.30 bits per heavy atom. The standard InChI is InChI=1S/C15H20BrN3O/c1-4-9-17-10-14-11(2)18-19(3)15(14)20-13-7-5-12(16)6-8-13/h5-8,17H,4,9-10H2,1-3H3. The third-order valence-electron chi connectivity index (χ3n) is 3.05. The summed E-state index contributed by atoms with van der Waals surface area (Å²) in [6.07, 6.45) is 1.11. The van der Waals surface area contributed by atoms with Crippen LogP contribution in [0.5, 0.6) is 11.6 Å². The number of nitrogens with one attached hydrogen (secondary N) is 1. The molecule has 5 heteroatoms. The number of hydrogen-bond acceptors (Lipinski definition) is 3. The molecule has 0 aliphatic heterocycles. The Morgan fingerprint density at radius 2 is 2.00 bits per heavy atom. The Morgan fingerprint density at radius 3 is 2.65 bits per heavy atom. The van der Waals surface area contributed by atoms with Gasteiger partial charge in [0.2, 0.25) is 5.88 Å². The minimum atomic E-state index is 0.777. The molecule has 0 atom stereocenters. The predicted molar refractivity (Wildman–Crippen MR) is 84.2 cm³/mol. The Hall–Kier alpha value is -1.33. The van der Waals surface area contributed by atoms with Crippen LogP contribution in [0.25, 0.3) is 0 Å². The van der Waals surface area contributed by atoms with Gasteiger partial charge in [0.15, 0.2) is 0 Å². The molecular formula is C15H20BrN3O. The molecule has 0 fully saturated rings. The second-order valence-electron chi connectivity index (χ2n) is 4.73. The van der Waals surface area contributed by atoms with E-state index in [1.165, 1.54) is 0 Å². The van der Waals surface area contributed by atoms with Crippen molar-refractivity contribution in [3.63, 3.8) is 0 Å². The van der Waals surface area contributed by atoms with Crippen LogP contribution >= 0.6 is 15.9 Å². The SMILES string of the molecule is CCCNCc1c(C)nn(C)c1Oc1ccc(Br)cc1. The highest BCUT2D eigenvalue weighted by atomic mass is 79.9. The average Bonchev–Trinajstić information content (AvgIpc) is 2.68. The second kappa shape index (κ2) is 6.90. The first-order valence-electron chi connectivity index (χ1n) is 6.78. The van der Waals surface area contributed by atoms with Gasteiger partial charge in [-0.25, -0.2) is 4.68 Å². The van der Waals surface area contributed by atoms with Gasteiger partial charge >= 0.3 is 0 Å². The lowest BCUT2D eigenvalue weighted by atomic mass is 10.2. The molecule has 0 spiro atoms. The molecule has 0 saturated heterocycles. The molecule has 2 rings (SSSR count). The van der Waals surface area contributed by atoms with E-state index in [1.54, 1.807) is 4.68 Å². The molecule has 0 aliphatic carbocycles. The zero-order chi connectivity index (χ0) is 14.5. The van der Waals surface area contributed by atoms with Crippen LogP contribution in [0.3, 0.4) is 0 Å². The van der Waals surface area contributed by atoms with E-state index >= 15 is 0 Å². The fourth-order valence-electron chi connectivity index (χ4n) is 2.02. The highest BCUT2D eigenvalue weighted by molar-refractivity contribution is 9.10. The summed E-state index contributed by atoms with van der Waals surface area (Å²) in [5, 5.41) is 7.85. The number of rotatable bonds is 6. The molecular weight excluding hydrogens is 318 g/mol. The van der Waals surface area contributed by atoms with Crippen LogP contribution < -0.4 is 10.1 Å². The molecule has 0 radical (unpaired) electrons. The largest absolute Gasteiger partial charge is 0.439 e. The summed E-state index contributed by atoms with van der Waals surface area (Å²) >= 11 is 3.42. The molecule has 20 heavy (non-hydrogen) atoms. The van der Waals surface area contributed by atoms with Gasteiger partial charge in [-0.3, -0.25) is 0 Å². The van der Waals surface area contributed by atoms with Crippen LogP contribution in [0.15, 0.2) is 28.7 Å². The Kier molecular flexibility index (Phi) is 5.20. The van der Waals surface area contributed by atoms with E-state index in [4.69, 9.17) is 4.74 Å². The topological polar surface area (TPSA) is 39.1 Å². The molecule has 0 bridgehead atoms. The van der Waals surface area contributed by atoms with E-state index in [9.17, 15) is 0 Å². The number of ether oxygens (including phenoxy) is 1. The summed E-state index contributed by atoms with van der Waals surface area (Å²) in [5.41, 5.74) is 2.12. The van der Waals surface area contributed by atoms with E-state index in [0.717, 1.165) is 46.9 Å². The van der Waals surface area contributed by atoms with E-state index in [2.05, 4.69) is 33.3 Å². The lowest BCUT2D eigenvalue weighted by Gasteiger charge is -2.09. The van der Waals surface area contributed by atoms with Crippen molar-refractivity contribution in [3.8, 4) is 11.6 Å². The van der Waals surface area contributed by atoms with Gasteiger partial charge in [0.25, 0.3) is 0 Å². The molecule has 0 aliphatic rings. The smallest absolute Gasteiger partial charge is 0.222 e. The normalized spacial score (nSPS) is 10.8. The summed E-state index contributed by atoms with van der Waals surface area (Å²) in [5.74, 6) is 1.61. The maximum atomic E-state index is 5.99. The quantitative estimate of drug-likeness (QED) is 0.815. The monoisotopic (exact) mass is 337 g/mol. The number of hydrogen-bond donors (Lipinski definition) is 1. The van der Waals surface area contributed by atoms with Crippen LogP contribution in [0.2, 0.25) is 0 Å². The molecule has 0 unspecified atom stereocenters. The van der Waals surface area contributed by atoms with E-state index in [0.29, 0.717) is 0 Å². The Labute approximate surface area is 128 Å². The molecule has 1 heterocycles. The van der Waals surface area contributed by atoms with Gasteiger partial charge in [-0.15, -0.1) is 0 Å². The highest BCUT2D eigenvalue weighted by Gasteiger charge is 2.15. The summed E-state index contributed by atoms with van der Waals surface area (Å²) in [6.45, 7) is 5.94. The maximum absolute atomic E-state index is 5.99. The third kappa shape index (κ3) is 3.61. The van der Waals surface area contributed by atoms with Crippen molar-refractivity contribution in [3.05, 3.63) is 40.0 Å². The third-order valence-corrected chi connectivity index (χ3v) is 3.57. The minimum Gasteiger partial charge on any atom is -0.439 e. The van der Waals surface area contributed by atoms with Crippen molar-refractivity contribution in [2.24, 2.45) is 7.05 Å². The van der Waals surface area contributed by atoms with E-state index < -0.39 is 0 Å². The van der Waals surface area contributed by atoms with Gasteiger partial charge in [0.1, 0.15) is 5.75 Å². The number of aryl methyl sites for hydroxylation is 2. The fraction of sp³-hybridized carbons (Fsp3) is 0.400. The number of aromatic nitrogens is 2. The van der Waals surface area contributed by atoms with Gasteiger partial charge in [0, 0.05) is 18.1 Å². The lowest BCUT2D eigenvalue weighted by Crippen LogP contribution is -2.14. The number of nitrogens with zero attached hydrogens (tertiary/aromatic N) is 2. The van der Waals surface area contributed by atoms with Crippen molar-refractivity contribution in [2.75, 3.05) is 6.54 Å². The van der Waals surface area contributed by atoms with Crippen molar-refractivity contribution < 1.29 is 4.74 Å². The van der Waals surface area contributed by atoms with E-state index in [1.807, 2.05) is 38.2 Å². The van der Waals surface area contributed by atoms with Crippen molar-refractivity contribution in [2.45, 2.75) is 26.8 Å². The molecule has 108 valence electrons. The summed E-state index contributed by atoms with van der Waals surface area (Å²) in [7, 11) is 1.91. The first kappa shape index (κ1) is 15.1. The first-order chi connectivity index (χ1) is 9.61. The zero-order valence-electron chi connectivity index (χ0n) is 12.1. The number of benzene rings is 1. The van der Waals surface area contributed by atoms with Crippen LogP contribution in [0.4, 0.5) is 0 Å². The molecule has 1 N–H and O–H groups in total. The van der Waals surface area contributed by atoms with Gasteiger partial charge in [-0.1, -0.05) is 22.9 Å². The molecule has 0 saturated carbocycles. The zero-order valence-corrected chi connectivity index (χ0v) is 13.7. The van der Waals surface area contributed by atoms with Gasteiger partial charge in [0.05, 0.1) is 11.3 Å². The molecule has 4 nitrogen and oxygen atoms in total. The summed E-state index contributed by atoms with van der Waals surface area (Å²) in [4.78, 5) is 0. The summed E-state index contributed by atoms with van der Waals surface area (Å²) < 4.78 is 8.82. The molecule has 1 aromatic heterocycles. The van der Waals surface area contributed by atoms with E-state index in [-0.39, 0.29) is 0 Å². The highest BCUT2D eigenvalue weighted by Crippen LogP contribution is 2.28. The Balaban J connectivity index is 2.19. The Bertz CT molecular complexity index is 563.